The molecule has 0 aromatic rings. The molecule has 54 valence electrons. The van der Waals surface area contributed by atoms with E-state index < -0.39 is 5.79 Å². The third-order valence-corrected chi connectivity index (χ3v) is 1.72. The average molecular weight is 133 g/mol. The molecular weight excluding hydrogens is 121 g/mol. The molecular formula is C6H12FNO. The smallest absolute Gasteiger partial charge is 0.182 e. The van der Waals surface area contributed by atoms with Gasteiger partial charge in [-0.25, -0.2) is 4.39 Å². The third-order valence-electron chi connectivity index (χ3n) is 1.72. The van der Waals surface area contributed by atoms with Crippen molar-refractivity contribution in [2.24, 2.45) is 0 Å². The van der Waals surface area contributed by atoms with Gasteiger partial charge in [-0.2, -0.15) is 5.06 Å². The lowest BCUT2D eigenvalue weighted by molar-refractivity contribution is -0.270. The summed E-state index contributed by atoms with van der Waals surface area (Å²) >= 11 is 0. The molecule has 0 aliphatic carbocycles. The predicted octanol–water partition coefficient (Wildman–Crippen LogP) is 1.33. The van der Waals surface area contributed by atoms with Crippen molar-refractivity contribution in [3.8, 4) is 0 Å². The second kappa shape index (κ2) is 2.23. The first-order chi connectivity index (χ1) is 4.13. The van der Waals surface area contributed by atoms with Crippen molar-refractivity contribution < 1.29 is 9.23 Å². The fourth-order valence-electron chi connectivity index (χ4n) is 0.888. The molecule has 1 atom stereocenters. The van der Waals surface area contributed by atoms with Gasteiger partial charge in [0.05, 0.1) is 6.61 Å². The molecule has 3 heteroatoms. The number of hydrogen-bond donors (Lipinski definition) is 0. The van der Waals surface area contributed by atoms with Crippen LogP contribution in [0, 0.1) is 0 Å². The van der Waals surface area contributed by atoms with Crippen molar-refractivity contribution >= 4 is 0 Å². The van der Waals surface area contributed by atoms with Gasteiger partial charge >= 0.3 is 0 Å². The highest BCUT2D eigenvalue weighted by Crippen LogP contribution is 2.25. The molecule has 1 saturated heterocycles. The summed E-state index contributed by atoms with van der Waals surface area (Å²) in [4.78, 5) is 4.95. The summed E-state index contributed by atoms with van der Waals surface area (Å²) in [6.45, 7) is 2.18. The molecule has 1 fully saturated rings. The van der Waals surface area contributed by atoms with Gasteiger partial charge in [-0.3, -0.25) is 4.84 Å². The van der Waals surface area contributed by atoms with E-state index in [1.165, 1.54) is 12.0 Å². The van der Waals surface area contributed by atoms with E-state index in [0.717, 1.165) is 6.42 Å². The highest BCUT2D eigenvalue weighted by atomic mass is 19.1. The maximum absolute atomic E-state index is 13.1. The SMILES string of the molecule is CN1OCCCC1(C)F. The summed E-state index contributed by atoms with van der Waals surface area (Å²) in [6.07, 6.45) is 1.39. The maximum Gasteiger partial charge on any atom is 0.182 e. The second-order valence-electron chi connectivity index (χ2n) is 2.58. The largest absolute Gasteiger partial charge is 0.296 e. The number of alkyl halides is 1. The number of hydroxylamine groups is 2. The molecule has 1 unspecified atom stereocenters. The predicted molar refractivity (Wildman–Crippen MR) is 32.5 cm³/mol. The fraction of sp³-hybridized carbons (Fsp3) is 1.00. The number of hydrogen-bond acceptors (Lipinski definition) is 2. The van der Waals surface area contributed by atoms with Crippen LogP contribution in [0.2, 0.25) is 0 Å². The lowest BCUT2D eigenvalue weighted by Gasteiger charge is -2.34. The minimum absolute atomic E-state index is 0.573. The molecule has 0 spiro atoms. The van der Waals surface area contributed by atoms with E-state index in [1.807, 2.05) is 0 Å². The van der Waals surface area contributed by atoms with Crippen LogP contribution in [0.1, 0.15) is 19.8 Å². The third kappa shape index (κ3) is 1.40. The lowest BCUT2D eigenvalue weighted by Crippen LogP contribution is -2.43. The van der Waals surface area contributed by atoms with E-state index in [0.29, 0.717) is 13.0 Å². The first-order valence-corrected chi connectivity index (χ1v) is 3.18. The first-order valence-electron chi connectivity index (χ1n) is 3.18. The molecule has 0 bridgehead atoms. The Morgan fingerprint density at radius 1 is 1.67 bits per heavy atom. The summed E-state index contributed by atoms with van der Waals surface area (Å²) in [5.74, 6) is -1.25. The minimum Gasteiger partial charge on any atom is -0.296 e. The molecule has 0 radical (unpaired) electrons. The molecule has 0 aromatic carbocycles. The molecule has 2 nitrogen and oxygen atoms in total. The second-order valence-corrected chi connectivity index (χ2v) is 2.58. The summed E-state index contributed by atoms with van der Waals surface area (Å²) in [5, 5.41) is 1.29. The van der Waals surface area contributed by atoms with Gasteiger partial charge in [0.25, 0.3) is 0 Å². The quantitative estimate of drug-likeness (QED) is 0.462. The summed E-state index contributed by atoms with van der Waals surface area (Å²) in [5.41, 5.74) is 0. The minimum atomic E-state index is -1.25. The highest BCUT2D eigenvalue weighted by molar-refractivity contribution is 4.69. The zero-order valence-corrected chi connectivity index (χ0v) is 5.85. The van der Waals surface area contributed by atoms with Crippen LogP contribution in [0.3, 0.4) is 0 Å². The number of halogens is 1. The van der Waals surface area contributed by atoms with Crippen molar-refractivity contribution in [2.45, 2.75) is 25.6 Å². The van der Waals surface area contributed by atoms with Gasteiger partial charge in [0.1, 0.15) is 0 Å². The zero-order valence-electron chi connectivity index (χ0n) is 5.85. The van der Waals surface area contributed by atoms with E-state index in [9.17, 15) is 4.39 Å². The Bertz CT molecular complexity index is 105. The molecule has 1 rings (SSSR count). The Kier molecular flexibility index (Phi) is 1.73. The first kappa shape index (κ1) is 6.96. The van der Waals surface area contributed by atoms with Crippen LogP contribution >= 0.6 is 0 Å². The zero-order chi connectivity index (χ0) is 6.91. The summed E-state index contributed by atoms with van der Waals surface area (Å²) in [6, 6.07) is 0. The van der Waals surface area contributed by atoms with Crippen LogP contribution in [0.4, 0.5) is 4.39 Å². The van der Waals surface area contributed by atoms with Gasteiger partial charge in [-0.15, -0.1) is 0 Å². The summed E-state index contributed by atoms with van der Waals surface area (Å²) in [7, 11) is 1.62. The Hall–Kier alpha value is -0.150. The number of rotatable bonds is 0. The van der Waals surface area contributed by atoms with Crippen LogP contribution in [-0.4, -0.2) is 24.5 Å². The van der Waals surface area contributed by atoms with Crippen LogP contribution in [0.15, 0.2) is 0 Å². The molecule has 9 heavy (non-hydrogen) atoms. The normalized spacial score (nSPS) is 39.0. The van der Waals surface area contributed by atoms with Crippen molar-refractivity contribution in [3.05, 3.63) is 0 Å². The van der Waals surface area contributed by atoms with Crippen LogP contribution < -0.4 is 0 Å². The van der Waals surface area contributed by atoms with Crippen molar-refractivity contribution in [1.29, 1.82) is 0 Å². The van der Waals surface area contributed by atoms with Crippen molar-refractivity contribution in [2.75, 3.05) is 13.7 Å². The van der Waals surface area contributed by atoms with Gasteiger partial charge in [0.15, 0.2) is 5.79 Å². The Morgan fingerprint density at radius 2 is 2.33 bits per heavy atom. The number of nitrogens with zero attached hydrogens (tertiary/aromatic N) is 1. The topological polar surface area (TPSA) is 12.5 Å². The monoisotopic (exact) mass is 133 g/mol. The molecule has 1 heterocycles. The molecule has 0 amide bonds. The van der Waals surface area contributed by atoms with Gasteiger partial charge in [-0.05, 0) is 19.8 Å². The molecule has 1 aliphatic heterocycles. The Balaban J connectivity index is 2.49. The van der Waals surface area contributed by atoms with Gasteiger partial charge in [-0.1, -0.05) is 0 Å². The van der Waals surface area contributed by atoms with E-state index >= 15 is 0 Å². The molecule has 1 aliphatic rings. The van der Waals surface area contributed by atoms with Crippen molar-refractivity contribution in [1.82, 2.24) is 5.06 Å². The lowest BCUT2D eigenvalue weighted by atomic mass is 10.1. The molecule has 0 aromatic heterocycles. The van der Waals surface area contributed by atoms with E-state index in [4.69, 9.17) is 4.84 Å². The fourth-order valence-corrected chi connectivity index (χ4v) is 0.888. The standard InChI is InChI=1S/C6H12FNO/c1-6(7)4-3-5-9-8(6)2/h3-5H2,1-2H3. The molecule has 0 saturated carbocycles. The molecule has 0 N–H and O–H groups in total. The van der Waals surface area contributed by atoms with Crippen molar-refractivity contribution in [3.63, 3.8) is 0 Å². The van der Waals surface area contributed by atoms with E-state index in [-0.39, 0.29) is 0 Å². The van der Waals surface area contributed by atoms with Gasteiger partial charge in [0.2, 0.25) is 0 Å². The summed E-state index contributed by atoms with van der Waals surface area (Å²) < 4.78 is 13.1. The van der Waals surface area contributed by atoms with Crippen LogP contribution in [0.5, 0.6) is 0 Å². The Labute approximate surface area is 54.6 Å². The van der Waals surface area contributed by atoms with Crippen LogP contribution in [-0.2, 0) is 4.84 Å². The highest BCUT2D eigenvalue weighted by Gasteiger charge is 2.32. The maximum atomic E-state index is 13.1. The van der Waals surface area contributed by atoms with Gasteiger partial charge < -0.3 is 0 Å². The van der Waals surface area contributed by atoms with Gasteiger partial charge in [0, 0.05) is 7.05 Å². The van der Waals surface area contributed by atoms with E-state index in [2.05, 4.69) is 0 Å². The Morgan fingerprint density at radius 3 is 2.67 bits per heavy atom. The van der Waals surface area contributed by atoms with Crippen LogP contribution in [0.25, 0.3) is 0 Å². The average Bonchev–Trinajstić information content (AvgIpc) is 1.77. The van der Waals surface area contributed by atoms with E-state index in [1.54, 1.807) is 7.05 Å².